The van der Waals surface area contributed by atoms with E-state index in [1.54, 1.807) is 11.3 Å². The van der Waals surface area contributed by atoms with E-state index < -0.39 is 0 Å². The van der Waals surface area contributed by atoms with Gasteiger partial charge in [0.1, 0.15) is 0 Å². The van der Waals surface area contributed by atoms with Gasteiger partial charge in [-0.3, -0.25) is 4.79 Å². The molecule has 2 N–H and O–H groups in total. The minimum atomic E-state index is 0.0321. The first-order valence-corrected chi connectivity index (χ1v) is 7.33. The number of carbonyl (C=O) groups is 1. The van der Waals surface area contributed by atoms with Crippen LogP contribution in [0.25, 0.3) is 0 Å². The molecule has 1 aromatic rings. The Bertz CT molecular complexity index is 346. The molecule has 0 aliphatic heterocycles. The van der Waals surface area contributed by atoms with Crippen molar-refractivity contribution in [2.75, 3.05) is 6.54 Å². The van der Waals surface area contributed by atoms with Crippen LogP contribution in [-0.4, -0.2) is 18.5 Å². The summed E-state index contributed by atoms with van der Waals surface area (Å²) in [5.41, 5.74) is 0. The molecule has 0 saturated carbocycles. The molecule has 0 radical (unpaired) electrons. The van der Waals surface area contributed by atoms with E-state index in [-0.39, 0.29) is 11.9 Å². The Morgan fingerprint density at radius 1 is 1.50 bits per heavy atom. The first-order chi connectivity index (χ1) is 7.49. The van der Waals surface area contributed by atoms with E-state index in [1.807, 2.05) is 19.9 Å². The van der Waals surface area contributed by atoms with Crippen molar-refractivity contribution in [3.05, 3.63) is 19.2 Å². The lowest BCUT2D eigenvalue weighted by atomic mass is 10.4. The zero-order chi connectivity index (χ0) is 12.1. The number of carbonyl (C=O) groups excluding carboxylic acids is 1. The molecule has 6 heteroatoms. The number of halogens is 2. The van der Waals surface area contributed by atoms with Gasteiger partial charge < -0.3 is 10.6 Å². The van der Waals surface area contributed by atoms with Crippen LogP contribution in [0.1, 0.15) is 18.7 Å². The minimum Gasteiger partial charge on any atom is -0.353 e. The maximum Gasteiger partial charge on any atom is 0.234 e. The number of amides is 1. The molecular formula is C10H14Br2N2OS. The number of thiophene rings is 1. The molecule has 0 spiro atoms. The Kier molecular flexibility index (Phi) is 5.96. The highest BCUT2D eigenvalue weighted by Gasteiger charge is 2.05. The van der Waals surface area contributed by atoms with E-state index in [0.29, 0.717) is 13.1 Å². The summed E-state index contributed by atoms with van der Waals surface area (Å²) in [5, 5.41) is 5.93. The fourth-order valence-corrected chi connectivity index (χ4v) is 3.30. The third kappa shape index (κ3) is 4.95. The van der Waals surface area contributed by atoms with Gasteiger partial charge in [-0.15, -0.1) is 11.3 Å². The molecule has 0 saturated heterocycles. The fraction of sp³-hybridized carbons (Fsp3) is 0.500. The number of nitrogens with one attached hydrogen (secondary N) is 2. The molecule has 0 aliphatic carbocycles. The quantitative estimate of drug-likeness (QED) is 0.837. The summed E-state index contributed by atoms with van der Waals surface area (Å²) in [6.07, 6.45) is 0. The molecule has 1 aromatic heterocycles. The molecule has 90 valence electrons. The van der Waals surface area contributed by atoms with Crippen LogP contribution in [0.2, 0.25) is 0 Å². The van der Waals surface area contributed by atoms with E-state index in [9.17, 15) is 4.79 Å². The lowest BCUT2D eigenvalue weighted by molar-refractivity contribution is -0.120. The molecule has 0 bridgehead atoms. The Balaban J connectivity index is 2.28. The maximum atomic E-state index is 11.3. The number of hydrogen-bond acceptors (Lipinski definition) is 3. The molecule has 0 aromatic carbocycles. The van der Waals surface area contributed by atoms with Crippen molar-refractivity contribution in [2.24, 2.45) is 0 Å². The van der Waals surface area contributed by atoms with Crippen LogP contribution in [0, 0.1) is 0 Å². The standard InChI is InChI=1S/C10H14Br2N2OS/c1-6(2)14-9(15)5-13-4-7-3-8(11)10(12)16-7/h3,6,13H,4-5H2,1-2H3,(H,14,15). The molecule has 1 rings (SSSR count). The van der Waals surface area contributed by atoms with Crippen LogP contribution in [0.15, 0.2) is 14.3 Å². The van der Waals surface area contributed by atoms with Gasteiger partial charge in [-0.2, -0.15) is 0 Å². The van der Waals surface area contributed by atoms with Crippen molar-refractivity contribution < 1.29 is 4.79 Å². The summed E-state index contributed by atoms with van der Waals surface area (Å²) >= 11 is 8.52. The average Bonchev–Trinajstić information content (AvgIpc) is 2.44. The molecular weight excluding hydrogens is 356 g/mol. The van der Waals surface area contributed by atoms with Gasteiger partial charge in [0.05, 0.1) is 10.3 Å². The Morgan fingerprint density at radius 3 is 2.69 bits per heavy atom. The molecule has 3 nitrogen and oxygen atoms in total. The second-order valence-electron chi connectivity index (χ2n) is 3.66. The van der Waals surface area contributed by atoms with Gasteiger partial charge in [-0.1, -0.05) is 0 Å². The van der Waals surface area contributed by atoms with Gasteiger partial charge >= 0.3 is 0 Å². The summed E-state index contributed by atoms with van der Waals surface area (Å²) in [6.45, 7) is 4.96. The summed E-state index contributed by atoms with van der Waals surface area (Å²) < 4.78 is 2.14. The summed E-state index contributed by atoms with van der Waals surface area (Å²) in [4.78, 5) is 12.5. The van der Waals surface area contributed by atoms with Crippen LogP contribution in [0.4, 0.5) is 0 Å². The van der Waals surface area contributed by atoms with Gasteiger partial charge in [0.2, 0.25) is 5.91 Å². The van der Waals surface area contributed by atoms with E-state index in [2.05, 4.69) is 42.5 Å². The molecule has 0 atom stereocenters. The predicted molar refractivity (Wildman–Crippen MR) is 74.7 cm³/mol. The highest BCUT2D eigenvalue weighted by atomic mass is 79.9. The van der Waals surface area contributed by atoms with Crippen LogP contribution >= 0.6 is 43.2 Å². The third-order valence-electron chi connectivity index (χ3n) is 1.73. The van der Waals surface area contributed by atoms with Crippen molar-refractivity contribution >= 4 is 49.1 Å². The number of rotatable bonds is 5. The van der Waals surface area contributed by atoms with Crippen molar-refractivity contribution in [3.8, 4) is 0 Å². The molecule has 0 aliphatic rings. The molecule has 16 heavy (non-hydrogen) atoms. The van der Waals surface area contributed by atoms with Crippen LogP contribution < -0.4 is 10.6 Å². The van der Waals surface area contributed by atoms with E-state index in [4.69, 9.17) is 0 Å². The molecule has 0 unspecified atom stereocenters. The highest BCUT2D eigenvalue weighted by Crippen LogP contribution is 2.32. The van der Waals surface area contributed by atoms with E-state index in [1.165, 1.54) is 4.88 Å². The zero-order valence-electron chi connectivity index (χ0n) is 9.14. The first kappa shape index (κ1) is 14.2. The summed E-state index contributed by atoms with van der Waals surface area (Å²) in [6, 6.07) is 2.24. The fourth-order valence-electron chi connectivity index (χ4n) is 1.15. The zero-order valence-corrected chi connectivity index (χ0v) is 13.1. The van der Waals surface area contributed by atoms with Crippen LogP contribution in [0.3, 0.4) is 0 Å². The first-order valence-electron chi connectivity index (χ1n) is 4.93. The van der Waals surface area contributed by atoms with E-state index in [0.717, 1.165) is 8.26 Å². The average molecular weight is 370 g/mol. The normalized spacial score (nSPS) is 10.8. The number of hydrogen-bond donors (Lipinski definition) is 2. The Morgan fingerprint density at radius 2 is 2.19 bits per heavy atom. The topological polar surface area (TPSA) is 41.1 Å². The van der Waals surface area contributed by atoms with Gasteiger partial charge in [-0.05, 0) is 51.8 Å². The van der Waals surface area contributed by atoms with Gasteiger partial charge in [0, 0.05) is 21.9 Å². The highest BCUT2D eigenvalue weighted by molar-refractivity contribution is 9.13. The van der Waals surface area contributed by atoms with Gasteiger partial charge in [0.25, 0.3) is 0 Å². The molecule has 1 heterocycles. The molecule has 1 amide bonds. The predicted octanol–water partition coefficient (Wildman–Crippen LogP) is 2.89. The van der Waals surface area contributed by atoms with Crippen molar-refractivity contribution in [2.45, 2.75) is 26.4 Å². The second kappa shape index (κ2) is 6.74. The Hall–Kier alpha value is 0.0900. The second-order valence-corrected chi connectivity index (χ2v) is 6.97. The summed E-state index contributed by atoms with van der Waals surface area (Å²) in [5.74, 6) is 0.0321. The molecule has 0 fully saturated rings. The van der Waals surface area contributed by atoms with Gasteiger partial charge in [-0.25, -0.2) is 0 Å². The van der Waals surface area contributed by atoms with E-state index >= 15 is 0 Å². The third-order valence-corrected chi connectivity index (χ3v) is 4.99. The monoisotopic (exact) mass is 368 g/mol. The van der Waals surface area contributed by atoms with Crippen molar-refractivity contribution in [1.82, 2.24) is 10.6 Å². The lowest BCUT2D eigenvalue weighted by Gasteiger charge is -2.08. The largest absolute Gasteiger partial charge is 0.353 e. The smallest absolute Gasteiger partial charge is 0.234 e. The SMILES string of the molecule is CC(C)NC(=O)CNCc1cc(Br)c(Br)s1. The van der Waals surface area contributed by atoms with Crippen molar-refractivity contribution in [1.29, 1.82) is 0 Å². The van der Waals surface area contributed by atoms with Crippen molar-refractivity contribution in [3.63, 3.8) is 0 Å². The Labute approximate surface area is 116 Å². The summed E-state index contributed by atoms with van der Waals surface area (Å²) in [7, 11) is 0. The lowest BCUT2D eigenvalue weighted by Crippen LogP contribution is -2.37. The maximum absolute atomic E-state index is 11.3. The van der Waals surface area contributed by atoms with Crippen LogP contribution in [-0.2, 0) is 11.3 Å². The minimum absolute atomic E-state index is 0.0321. The van der Waals surface area contributed by atoms with Gasteiger partial charge in [0.15, 0.2) is 0 Å². The van der Waals surface area contributed by atoms with Crippen LogP contribution in [0.5, 0.6) is 0 Å².